The van der Waals surface area contributed by atoms with Gasteiger partial charge in [0.05, 0.1) is 16.3 Å². The maximum atomic E-state index is 13.4. The van der Waals surface area contributed by atoms with E-state index in [9.17, 15) is 9.18 Å². The third kappa shape index (κ3) is 5.35. The number of hydrogen-bond donors (Lipinski definition) is 2. The van der Waals surface area contributed by atoms with Crippen LogP contribution >= 0.6 is 11.6 Å². The van der Waals surface area contributed by atoms with Crippen molar-refractivity contribution in [3.05, 3.63) is 64.9 Å². The topological polar surface area (TPSA) is 101 Å². The lowest BCUT2D eigenvalue weighted by Gasteiger charge is -2.12. The third-order valence-electron chi connectivity index (χ3n) is 3.33. The van der Waals surface area contributed by atoms with Crippen LogP contribution in [0.4, 0.5) is 10.1 Å². The van der Waals surface area contributed by atoms with E-state index in [0.29, 0.717) is 11.3 Å². The van der Waals surface area contributed by atoms with Crippen LogP contribution in [0.2, 0.25) is 5.02 Å². The van der Waals surface area contributed by atoms with Gasteiger partial charge < -0.3 is 10.6 Å². The second-order valence-electron chi connectivity index (χ2n) is 5.10. The number of nitrogens with zero attached hydrogens (tertiary/aromatic N) is 3. The van der Waals surface area contributed by atoms with Crippen LogP contribution in [0.25, 0.3) is 0 Å². The van der Waals surface area contributed by atoms with Crippen LogP contribution in [0.15, 0.2) is 63.5 Å². The minimum absolute atomic E-state index is 0.00700. The van der Waals surface area contributed by atoms with Crippen LogP contribution in [0.1, 0.15) is 10.4 Å². The van der Waals surface area contributed by atoms with Crippen molar-refractivity contribution < 1.29 is 14.0 Å². The van der Waals surface area contributed by atoms with Gasteiger partial charge in [0.1, 0.15) is 17.4 Å². The first-order chi connectivity index (χ1) is 13.0. The van der Waals surface area contributed by atoms with Crippen LogP contribution in [-0.4, -0.2) is 37.4 Å². The molecular formula is C18H17ClFN5O2. The molecule has 3 N–H and O–H groups in total. The zero-order valence-corrected chi connectivity index (χ0v) is 15.4. The molecule has 7 nitrogen and oxygen atoms in total. The molecule has 0 spiro atoms. The highest BCUT2D eigenvalue weighted by atomic mass is 35.5. The third-order valence-corrected chi connectivity index (χ3v) is 3.62. The van der Waals surface area contributed by atoms with E-state index in [-0.39, 0.29) is 22.4 Å². The number of hydroxylamine groups is 1. The molecule has 0 aliphatic carbocycles. The second-order valence-corrected chi connectivity index (χ2v) is 5.50. The van der Waals surface area contributed by atoms with Crippen LogP contribution in [0, 0.1) is 5.82 Å². The van der Waals surface area contributed by atoms with E-state index in [4.69, 9.17) is 22.2 Å². The van der Waals surface area contributed by atoms with E-state index in [1.807, 2.05) is 0 Å². The van der Waals surface area contributed by atoms with Crippen molar-refractivity contribution in [1.82, 2.24) is 5.48 Å². The maximum Gasteiger partial charge on any atom is 0.362 e. The average molecular weight is 390 g/mol. The molecule has 0 aliphatic rings. The summed E-state index contributed by atoms with van der Waals surface area (Å²) in [5.41, 5.74) is 9.05. The summed E-state index contributed by atoms with van der Waals surface area (Å²) in [6.45, 7) is 0. The molecule has 0 bridgehead atoms. The Hall–Kier alpha value is -3.26. The van der Waals surface area contributed by atoms with E-state index >= 15 is 0 Å². The molecule has 27 heavy (non-hydrogen) atoms. The first kappa shape index (κ1) is 20.1. The molecule has 0 amide bonds. The maximum absolute atomic E-state index is 13.4. The quantitative estimate of drug-likeness (QED) is 0.477. The van der Waals surface area contributed by atoms with Crippen molar-refractivity contribution in [2.75, 3.05) is 14.1 Å². The summed E-state index contributed by atoms with van der Waals surface area (Å²) in [7, 11) is 2.95. The summed E-state index contributed by atoms with van der Waals surface area (Å²) in [4.78, 5) is 29.3. The highest BCUT2D eigenvalue weighted by molar-refractivity contribution is 6.67. The van der Waals surface area contributed by atoms with Crippen molar-refractivity contribution in [3.8, 4) is 0 Å². The predicted octanol–water partition coefficient (Wildman–Crippen LogP) is 2.93. The smallest absolute Gasteiger partial charge is 0.362 e. The van der Waals surface area contributed by atoms with Crippen LogP contribution in [-0.2, 0) is 4.84 Å². The van der Waals surface area contributed by atoms with Gasteiger partial charge in [-0.2, -0.15) is 5.48 Å². The lowest BCUT2D eigenvalue weighted by molar-refractivity contribution is 0.0390. The molecule has 2 aromatic carbocycles. The Balaban J connectivity index is 2.33. The zero-order chi connectivity index (χ0) is 19.8. The van der Waals surface area contributed by atoms with E-state index in [0.717, 1.165) is 6.07 Å². The number of benzene rings is 2. The Labute approximate surface area is 160 Å². The summed E-state index contributed by atoms with van der Waals surface area (Å²) in [6, 6.07) is 12.2. The fraction of sp³-hybridized carbons (Fsp3) is 0.111. The summed E-state index contributed by atoms with van der Waals surface area (Å²) < 4.78 is 13.4. The SMILES string of the molecule is CN=C(N)C(=NC)C(=Nc1ccc(F)c(Cl)c1)NOC(=O)c1ccccc1. The molecule has 0 unspecified atom stereocenters. The van der Waals surface area contributed by atoms with Crippen LogP contribution < -0.4 is 11.2 Å². The van der Waals surface area contributed by atoms with Gasteiger partial charge in [-0.15, -0.1) is 0 Å². The van der Waals surface area contributed by atoms with Gasteiger partial charge >= 0.3 is 5.97 Å². The van der Waals surface area contributed by atoms with Crippen molar-refractivity contribution in [2.24, 2.45) is 20.7 Å². The Bertz CT molecular complexity index is 913. The molecule has 0 saturated carbocycles. The van der Waals surface area contributed by atoms with E-state index < -0.39 is 11.8 Å². The minimum Gasteiger partial charge on any atom is -0.382 e. The highest BCUT2D eigenvalue weighted by Gasteiger charge is 2.16. The molecule has 2 rings (SSSR count). The number of halogens is 2. The van der Waals surface area contributed by atoms with E-state index in [2.05, 4.69) is 20.5 Å². The fourth-order valence-corrected chi connectivity index (χ4v) is 2.16. The minimum atomic E-state index is -0.636. The number of amidine groups is 2. The van der Waals surface area contributed by atoms with Crippen LogP contribution in [0.3, 0.4) is 0 Å². The van der Waals surface area contributed by atoms with Gasteiger partial charge in [0.15, 0.2) is 5.84 Å². The predicted molar refractivity (Wildman–Crippen MR) is 104 cm³/mol. The van der Waals surface area contributed by atoms with Crippen molar-refractivity contribution >= 4 is 40.6 Å². The number of hydrogen-bond acceptors (Lipinski definition) is 5. The standard InChI is InChI=1S/C18H17ClFN5O2/c1-22-15(16(21)23-2)17(24-12-8-9-14(20)13(19)10-12)25-27-18(26)11-6-4-3-5-7-11/h3-10H,1-2H3,(H2,21,23)(H,24,25). The molecular weight excluding hydrogens is 373 g/mol. The first-order valence-corrected chi connectivity index (χ1v) is 8.09. The molecule has 0 aliphatic heterocycles. The number of nitrogens with two attached hydrogens (primary N) is 1. The monoisotopic (exact) mass is 389 g/mol. The van der Waals surface area contributed by atoms with Gasteiger partial charge in [-0.3, -0.25) is 9.98 Å². The summed E-state index contributed by atoms with van der Waals surface area (Å²) >= 11 is 5.78. The van der Waals surface area contributed by atoms with Gasteiger partial charge in [-0.05, 0) is 30.3 Å². The first-order valence-electron chi connectivity index (χ1n) is 7.72. The Kier molecular flexibility index (Phi) is 7.01. The molecule has 9 heteroatoms. The normalized spacial score (nSPS) is 12.7. The summed E-state index contributed by atoms with van der Waals surface area (Å²) in [5.74, 6) is -1.15. The second kappa shape index (κ2) is 9.44. The van der Waals surface area contributed by atoms with Gasteiger partial charge in [-0.25, -0.2) is 14.2 Å². The molecule has 0 fully saturated rings. The molecule has 0 aromatic heterocycles. The van der Waals surface area contributed by atoms with Crippen LogP contribution in [0.5, 0.6) is 0 Å². The molecule has 0 radical (unpaired) electrons. The Morgan fingerprint density at radius 2 is 1.85 bits per heavy atom. The largest absolute Gasteiger partial charge is 0.382 e. The molecule has 0 heterocycles. The zero-order valence-electron chi connectivity index (χ0n) is 14.6. The van der Waals surface area contributed by atoms with Crippen molar-refractivity contribution in [3.63, 3.8) is 0 Å². The van der Waals surface area contributed by atoms with Gasteiger partial charge in [-0.1, -0.05) is 29.8 Å². The number of nitrogens with one attached hydrogen (secondary N) is 1. The molecule has 0 saturated heterocycles. The van der Waals surface area contributed by atoms with Crippen molar-refractivity contribution in [1.29, 1.82) is 0 Å². The van der Waals surface area contributed by atoms with Gasteiger partial charge in [0, 0.05) is 14.1 Å². The molecule has 2 aromatic rings. The number of rotatable bonds is 4. The van der Waals surface area contributed by atoms with E-state index in [1.54, 1.807) is 30.3 Å². The van der Waals surface area contributed by atoms with Gasteiger partial charge in [0.2, 0.25) is 0 Å². The number of carbonyl (C=O) groups excluding carboxylic acids is 1. The van der Waals surface area contributed by atoms with Crippen molar-refractivity contribution in [2.45, 2.75) is 0 Å². The lowest BCUT2D eigenvalue weighted by atomic mass is 10.2. The Morgan fingerprint density at radius 3 is 2.44 bits per heavy atom. The summed E-state index contributed by atoms with van der Waals surface area (Å²) in [5, 5.41) is -0.107. The Morgan fingerprint density at radius 1 is 1.15 bits per heavy atom. The molecule has 140 valence electrons. The van der Waals surface area contributed by atoms with E-state index in [1.165, 1.54) is 26.2 Å². The number of aliphatic imine (C=N–C) groups is 3. The highest BCUT2D eigenvalue weighted by Crippen LogP contribution is 2.21. The summed E-state index contributed by atoms with van der Waals surface area (Å²) in [6.07, 6.45) is 0. The fourth-order valence-electron chi connectivity index (χ4n) is 1.98. The van der Waals surface area contributed by atoms with Gasteiger partial charge in [0.25, 0.3) is 0 Å². The number of carbonyl (C=O) groups is 1. The molecule has 0 atom stereocenters. The average Bonchev–Trinajstić information content (AvgIpc) is 2.69. The lowest BCUT2D eigenvalue weighted by Crippen LogP contribution is -2.40.